The van der Waals surface area contributed by atoms with E-state index in [4.69, 9.17) is 0 Å². The average Bonchev–Trinajstić information content (AvgIpc) is 2.24. The quantitative estimate of drug-likeness (QED) is 0.854. The molecule has 0 spiro atoms. The molecule has 0 fully saturated rings. The van der Waals surface area contributed by atoms with Gasteiger partial charge in [-0.3, -0.25) is 4.79 Å². The lowest BCUT2D eigenvalue weighted by Crippen LogP contribution is -2.37. The highest BCUT2D eigenvalue weighted by Gasteiger charge is 2.31. The summed E-state index contributed by atoms with van der Waals surface area (Å²) in [5.41, 5.74) is 0.680. The molecule has 0 saturated carbocycles. The Hall–Kier alpha value is -1.24. The van der Waals surface area contributed by atoms with E-state index in [9.17, 15) is 18.0 Å². The molecular weight excluding hydrogens is 327 g/mol. The second-order valence-electron chi connectivity index (χ2n) is 4.35. The Morgan fingerprint density at radius 3 is 2.21 bits per heavy atom. The molecule has 1 rings (SSSR count). The zero-order chi connectivity index (χ0) is 14.7. The minimum absolute atomic E-state index is 0.205. The second-order valence-corrected chi connectivity index (χ2v) is 6.33. The summed E-state index contributed by atoms with van der Waals surface area (Å²) in [6.07, 6.45) is -4.70. The smallest absolute Gasteiger partial charge is 0.406 e. The first-order valence-corrected chi connectivity index (χ1v) is 6.19. The number of carbonyl (C=O) groups is 1. The molecule has 1 aromatic rings. The Bertz CT molecular complexity index is 438. The fourth-order valence-electron chi connectivity index (χ4n) is 1.20. The number of halogens is 4. The molecule has 1 aromatic carbocycles. The van der Waals surface area contributed by atoms with Crippen molar-refractivity contribution < 1.29 is 22.7 Å². The van der Waals surface area contributed by atoms with E-state index in [1.807, 2.05) is 0 Å². The van der Waals surface area contributed by atoms with Crippen molar-refractivity contribution in [1.29, 1.82) is 0 Å². The highest BCUT2D eigenvalue weighted by molar-refractivity contribution is 9.10. The van der Waals surface area contributed by atoms with Gasteiger partial charge in [-0.1, -0.05) is 28.1 Å². The largest absolute Gasteiger partial charge is 0.573 e. The van der Waals surface area contributed by atoms with Gasteiger partial charge in [-0.25, -0.2) is 0 Å². The van der Waals surface area contributed by atoms with Crippen LogP contribution in [-0.4, -0.2) is 16.6 Å². The third-order valence-electron chi connectivity index (χ3n) is 2.15. The molecule has 0 aliphatic heterocycles. The van der Waals surface area contributed by atoms with Crippen LogP contribution in [0.2, 0.25) is 0 Å². The topological polar surface area (TPSA) is 38.3 Å². The Kier molecular flexibility index (Phi) is 4.84. The van der Waals surface area contributed by atoms with E-state index < -0.39 is 10.7 Å². The maximum absolute atomic E-state index is 11.9. The van der Waals surface area contributed by atoms with Gasteiger partial charge < -0.3 is 10.1 Å². The van der Waals surface area contributed by atoms with Gasteiger partial charge in [0.25, 0.3) is 0 Å². The van der Waals surface area contributed by atoms with Crippen molar-refractivity contribution in [2.24, 2.45) is 0 Å². The van der Waals surface area contributed by atoms with E-state index >= 15 is 0 Å². The van der Waals surface area contributed by atoms with Crippen LogP contribution in [0.3, 0.4) is 0 Å². The Morgan fingerprint density at radius 1 is 1.26 bits per heavy atom. The molecule has 1 amide bonds. The van der Waals surface area contributed by atoms with Crippen LogP contribution in [0, 0.1) is 0 Å². The van der Waals surface area contributed by atoms with Crippen molar-refractivity contribution in [1.82, 2.24) is 5.32 Å². The van der Waals surface area contributed by atoms with Crippen LogP contribution in [-0.2, 0) is 11.3 Å². The third-order valence-corrected chi connectivity index (χ3v) is 2.51. The first-order valence-electron chi connectivity index (χ1n) is 5.40. The van der Waals surface area contributed by atoms with E-state index in [-0.39, 0.29) is 18.2 Å². The van der Waals surface area contributed by atoms with Crippen LogP contribution < -0.4 is 10.1 Å². The van der Waals surface area contributed by atoms with Crippen LogP contribution >= 0.6 is 15.9 Å². The molecule has 0 aromatic heterocycles. The lowest BCUT2D eigenvalue weighted by molar-refractivity contribution is -0.274. The van der Waals surface area contributed by atoms with Crippen molar-refractivity contribution in [2.45, 2.75) is 31.1 Å². The monoisotopic (exact) mass is 339 g/mol. The summed E-state index contributed by atoms with van der Waals surface area (Å²) in [7, 11) is 0. The summed E-state index contributed by atoms with van der Waals surface area (Å²) in [4.78, 5) is 11.6. The van der Waals surface area contributed by atoms with Gasteiger partial charge in [-0.05, 0) is 31.5 Å². The molecule has 0 aliphatic rings. The second kappa shape index (κ2) is 5.81. The standard InChI is InChI=1S/C12H13BrF3NO2/c1-11(2,13)10(18)17-7-8-3-5-9(6-4-8)19-12(14,15)16/h3-6H,7H2,1-2H3,(H,17,18). The molecular formula is C12H13BrF3NO2. The molecule has 0 saturated heterocycles. The molecule has 0 aliphatic carbocycles. The van der Waals surface area contributed by atoms with Crippen LogP contribution in [0.5, 0.6) is 5.75 Å². The van der Waals surface area contributed by atoms with Crippen molar-refractivity contribution in [3.05, 3.63) is 29.8 Å². The molecule has 3 nitrogen and oxygen atoms in total. The van der Waals surface area contributed by atoms with E-state index in [1.54, 1.807) is 13.8 Å². The van der Waals surface area contributed by atoms with E-state index in [0.717, 1.165) is 0 Å². The minimum atomic E-state index is -4.70. The van der Waals surface area contributed by atoms with Crippen LogP contribution in [0.4, 0.5) is 13.2 Å². The summed E-state index contributed by atoms with van der Waals surface area (Å²) in [6.45, 7) is 3.63. The molecule has 0 unspecified atom stereocenters. The van der Waals surface area contributed by atoms with Crippen LogP contribution in [0.25, 0.3) is 0 Å². The fraction of sp³-hybridized carbons (Fsp3) is 0.417. The minimum Gasteiger partial charge on any atom is -0.406 e. The van der Waals surface area contributed by atoms with Gasteiger partial charge in [0.1, 0.15) is 5.75 Å². The lowest BCUT2D eigenvalue weighted by Gasteiger charge is -2.16. The van der Waals surface area contributed by atoms with E-state index in [2.05, 4.69) is 26.0 Å². The number of alkyl halides is 4. The average molecular weight is 340 g/mol. The van der Waals surface area contributed by atoms with Gasteiger partial charge in [0.15, 0.2) is 0 Å². The lowest BCUT2D eigenvalue weighted by atomic mass is 10.2. The Morgan fingerprint density at radius 2 is 1.79 bits per heavy atom. The van der Waals surface area contributed by atoms with Gasteiger partial charge in [0.2, 0.25) is 5.91 Å². The molecule has 0 radical (unpaired) electrons. The van der Waals surface area contributed by atoms with Crippen LogP contribution in [0.1, 0.15) is 19.4 Å². The van der Waals surface area contributed by atoms with Gasteiger partial charge in [0.05, 0.1) is 4.32 Å². The first kappa shape index (κ1) is 15.8. The predicted octanol–water partition coefficient (Wildman–Crippen LogP) is 3.37. The molecule has 0 heterocycles. The van der Waals surface area contributed by atoms with Gasteiger partial charge >= 0.3 is 6.36 Å². The maximum Gasteiger partial charge on any atom is 0.573 e. The Balaban J connectivity index is 2.56. The molecule has 106 valence electrons. The number of benzene rings is 1. The number of ether oxygens (including phenoxy) is 1. The SMILES string of the molecule is CC(C)(Br)C(=O)NCc1ccc(OC(F)(F)F)cc1. The summed E-state index contributed by atoms with van der Waals surface area (Å²) >= 11 is 3.21. The van der Waals surface area contributed by atoms with Crippen molar-refractivity contribution in [3.8, 4) is 5.75 Å². The zero-order valence-corrected chi connectivity index (χ0v) is 11.9. The third kappa shape index (κ3) is 5.96. The van der Waals surface area contributed by atoms with Crippen molar-refractivity contribution >= 4 is 21.8 Å². The molecule has 19 heavy (non-hydrogen) atoms. The fourth-order valence-corrected chi connectivity index (χ4v) is 1.34. The van der Waals surface area contributed by atoms with Crippen molar-refractivity contribution in [3.63, 3.8) is 0 Å². The van der Waals surface area contributed by atoms with Crippen molar-refractivity contribution in [2.75, 3.05) is 0 Å². The number of hydrogen-bond donors (Lipinski definition) is 1. The summed E-state index contributed by atoms with van der Waals surface area (Å²) in [5, 5.41) is 2.66. The van der Waals surface area contributed by atoms with Crippen LogP contribution in [0.15, 0.2) is 24.3 Å². The highest BCUT2D eigenvalue weighted by atomic mass is 79.9. The number of carbonyl (C=O) groups excluding carboxylic acids is 1. The number of nitrogens with one attached hydrogen (secondary N) is 1. The summed E-state index contributed by atoms with van der Waals surface area (Å²) < 4.78 is 38.9. The summed E-state index contributed by atoms with van der Waals surface area (Å²) in [5.74, 6) is -0.494. The normalized spacial score (nSPS) is 12.1. The summed E-state index contributed by atoms with van der Waals surface area (Å²) in [6, 6.07) is 5.33. The first-order chi connectivity index (χ1) is 8.58. The van der Waals surface area contributed by atoms with E-state index in [1.165, 1.54) is 24.3 Å². The van der Waals surface area contributed by atoms with E-state index in [0.29, 0.717) is 5.56 Å². The molecule has 1 N–H and O–H groups in total. The predicted molar refractivity (Wildman–Crippen MR) is 68.0 cm³/mol. The molecule has 7 heteroatoms. The zero-order valence-electron chi connectivity index (χ0n) is 10.3. The van der Waals surface area contributed by atoms with Gasteiger partial charge in [-0.2, -0.15) is 0 Å². The maximum atomic E-state index is 11.9. The Labute approximate surface area is 117 Å². The molecule has 0 atom stereocenters. The van der Waals surface area contributed by atoms with Gasteiger partial charge in [-0.15, -0.1) is 13.2 Å². The molecule has 0 bridgehead atoms. The number of hydrogen-bond acceptors (Lipinski definition) is 2. The van der Waals surface area contributed by atoms with Gasteiger partial charge in [0, 0.05) is 6.54 Å². The number of amides is 1. The number of rotatable bonds is 4. The highest BCUT2D eigenvalue weighted by Crippen LogP contribution is 2.22.